The third-order valence-corrected chi connectivity index (χ3v) is 3.49. The Hall–Kier alpha value is -2.80. The molecule has 0 amide bonds. The Labute approximate surface area is 134 Å². The molecule has 0 radical (unpaired) electrons. The van der Waals surface area contributed by atoms with Gasteiger partial charge in [-0.05, 0) is 29.4 Å². The number of halogens is 3. The van der Waals surface area contributed by atoms with Gasteiger partial charge in [-0.25, -0.2) is 13.5 Å². The van der Waals surface area contributed by atoms with Gasteiger partial charge in [-0.15, -0.1) is 4.91 Å². The van der Waals surface area contributed by atoms with Crippen LogP contribution in [0, 0.1) is 16.5 Å². The van der Waals surface area contributed by atoms with Gasteiger partial charge in [0.05, 0.1) is 0 Å². The average Bonchev–Trinajstić information content (AvgIpc) is 2.87. The highest BCUT2D eigenvalue weighted by Crippen LogP contribution is 2.36. The predicted molar refractivity (Wildman–Crippen MR) is 83.8 cm³/mol. The minimum absolute atomic E-state index is 0.151. The van der Waals surface area contributed by atoms with E-state index in [0.29, 0.717) is 10.6 Å². The van der Waals surface area contributed by atoms with Gasteiger partial charge in [-0.1, -0.05) is 23.7 Å². The fourth-order valence-corrected chi connectivity index (χ4v) is 2.27. The van der Waals surface area contributed by atoms with Crippen LogP contribution in [-0.2, 0) is 0 Å². The van der Waals surface area contributed by atoms with Crippen LogP contribution in [0.15, 0.2) is 47.6 Å². The Morgan fingerprint density at radius 1 is 1.13 bits per heavy atom. The highest BCUT2D eigenvalue weighted by Gasteiger charge is 2.21. The Bertz CT molecular complexity index is 893. The van der Waals surface area contributed by atoms with E-state index in [1.165, 1.54) is 0 Å². The molecule has 3 rings (SSSR count). The van der Waals surface area contributed by atoms with Crippen molar-refractivity contribution in [3.63, 3.8) is 0 Å². The van der Waals surface area contributed by atoms with Crippen molar-refractivity contribution in [3.8, 4) is 16.9 Å². The normalized spacial score (nSPS) is 10.7. The summed E-state index contributed by atoms with van der Waals surface area (Å²) in [6.45, 7) is 0. The van der Waals surface area contributed by atoms with Crippen LogP contribution in [0.1, 0.15) is 0 Å². The minimum Gasteiger partial charge on any atom is -0.382 e. The van der Waals surface area contributed by atoms with Crippen LogP contribution < -0.4 is 5.73 Å². The molecule has 8 heteroatoms. The maximum Gasteiger partial charge on any atom is 0.178 e. The SMILES string of the molecule is Nc1c(N=O)c(-c2ccc(Cl)cc2)nn1-c1cc(F)ccc1F. The van der Waals surface area contributed by atoms with Crippen LogP contribution in [0.4, 0.5) is 20.3 Å². The maximum absolute atomic E-state index is 13.9. The molecule has 2 aromatic carbocycles. The number of hydrogen-bond donors (Lipinski definition) is 1. The molecule has 116 valence electrons. The van der Waals surface area contributed by atoms with Crippen LogP contribution in [0.3, 0.4) is 0 Å². The molecule has 0 unspecified atom stereocenters. The van der Waals surface area contributed by atoms with Crippen molar-refractivity contribution in [1.29, 1.82) is 0 Å². The molecule has 2 N–H and O–H groups in total. The fourth-order valence-electron chi connectivity index (χ4n) is 2.15. The Kier molecular flexibility index (Phi) is 3.79. The van der Waals surface area contributed by atoms with Gasteiger partial charge in [-0.2, -0.15) is 5.10 Å². The van der Waals surface area contributed by atoms with Crippen molar-refractivity contribution in [2.24, 2.45) is 5.18 Å². The number of nitrogens with two attached hydrogens (primary N) is 1. The molecule has 0 spiro atoms. The number of nitrogen functional groups attached to an aromatic ring is 1. The monoisotopic (exact) mass is 334 g/mol. The van der Waals surface area contributed by atoms with E-state index < -0.39 is 11.6 Å². The second kappa shape index (κ2) is 5.77. The zero-order valence-corrected chi connectivity index (χ0v) is 12.3. The molecule has 0 bridgehead atoms. The lowest BCUT2D eigenvalue weighted by Crippen LogP contribution is -2.04. The van der Waals surface area contributed by atoms with Gasteiger partial charge in [0.25, 0.3) is 0 Å². The van der Waals surface area contributed by atoms with E-state index in [-0.39, 0.29) is 22.9 Å². The van der Waals surface area contributed by atoms with Crippen LogP contribution >= 0.6 is 11.6 Å². The van der Waals surface area contributed by atoms with Crippen LogP contribution in [0.25, 0.3) is 16.9 Å². The standard InChI is InChI=1S/C15H9ClF2N4O/c16-9-3-1-8(2-4-9)13-14(21-23)15(19)22(20-13)12-7-10(17)5-6-11(12)18/h1-7H,19H2. The van der Waals surface area contributed by atoms with Crippen molar-refractivity contribution in [2.75, 3.05) is 5.73 Å². The maximum atomic E-state index is 13.9. The first-order valence-electron chi connectivity index (χ1n) is 6.44. The van der Waals surface area contributed by atoms with E-state index in [1.807, 2.05) is 0 Å². The van der Waals surface area contributed by atoms with E-state index in [4.69, 9.17) is 17.3 Å². The van der Waals surface area contributed by atoms with Gasteiger partial charge in [0.1, 0.15) is 23.0 Å². The Morgan fingerprint density at radius 2 is 1.83 bits per heavy atom. The van der Waals surface area contributed by atoms with Gasteiger partial charge in [0.2, 0.25) is 0 Å². The second-order valence-electron chi connectivity index (χ2n) is 4.69. The molecule has 0 aliphatic rings. The number of aromatic nitrogens is 2. The molecule has 0 fully saturated rings. The fraction of sp³-hybridized carbons (Fsp3) is 0. The smallest absolute Gasteiger partial charge is 0.178 e. The molecule has 5 nitrogen and oxygen atoms in total. The third kappa shape index (κ3) is 2.66. The van der Waals surface area contributed by atoms with Crippen LogP contribution in [0.2, 0.25) is 5.02 Å². The summed E-state index contributed by atoms with van der Waals surface area (Å²) in [7, 11) is 0. The number of hydrogen-bond acceptors (Lipinski definition) is 4. The zero-order valence-electron chi connectivity index (χ0n) is 11.5. The molecule has 0 atom stereocenters. The van der Waals surface area contributed by atoms with Gasteiger partial charge >= 0.3 is 0 Å². The summed E-state index contributed by atoms with van der Waals surface area (Å²) in [6, 6.07) is 9.28. The summed E-state index contributed by atoms with van der Waals surface area (Å²) in [5.74, 6) is -1.58. The van der Waals surface area contributed by atoms with Gasteiger partial charge in [0.15, 0.2) is 11.5 Å². The molecule has 0 saturated heterocycles. The molecular formula is C15H9ClF2N4O. The summed E-state index contributed by atoms with van der Waals surface area (Å²) in [5, 5.41) is 7.46. The Balaban J connectivity index is 2.22. The van der Waals surface area contributed by atoms with Crippen molar-refractivity contribution >= 4 is 23.1 Å². The summed E-state index contributed by atoms with van der Waals surface area (Å²) in [6.07, 6.45) is 0. The van der Waals surface area contributed by atoms with Crippen molar-refractivity contribution in [2.45, 2.75) is 0 Å². The average molecular weight is 335 g/mol. The summed E-state index contributed by atoms with van der Waals surface area (Å²) < 4.78 is 28.2. The number of rotatable bonds is 3. The molecule has 3 aromatic rings. The first-order chi connectivity index (χ1) is 11.0. The summed E-state index contributed by atoms with van der Waals surface area (Å²) in [5.41, 5.74) is 6.12. The van der Waals surface area contributed by atoms with E-state index >= 15 is 0 Å². The zero-order chi connectivity index (χ0) is 16.6. The second-order valence-corrected chi connectivity index (χ2v) is 5.12. The summed E-state index contributed by atoms with van der Waals surface area (Å²) in [4.78, 5) is 11.1. The van der Waals surface area contributed by atoms with Gasteiger partial charge in [-0.3, -0.25) is 0 Å². The lowest BCUT2D eigenvalue weighted by Gasteiger charge is -2.05. The predicted octanol–water partition coefficient (Wildman–Crippen LogP) is 4.45. The molecular weight excluding hydrogens is 326 g/mol. The summed E-state index contributed by atoms with van der Waals surface area (Å²) >= 11 is 5.82. The van der Waals surface area contributed by atoms with Crippen molar-refractivity contribution in [1.82, 2.24) is 9.78 Å². The molecule has 0 aliphatic heterocycles. The van der Waals surface area contributed by atoms with Gasteiger partial charge < -0.3 is 5.73 Å². The van der Waals surface area contributed by atoms with E-state index in [1.54, 1.807) is 24.3 Å². The van der Waals surface area contributed by atoms with E-state index in [0.717, 1.165) is 22.9 Å². The van der Waals surface area contributed by atoms with Crippen molar-refractivity contribution < 1.29 is 8.78 Å². The number of benzene rings is 2. The van der Waals surface area contributed by atoms with Crippen LogP contribution in [-0.4, -0.2) is 9.78 Å². The first-order valence-corrected chi connectivity index (χ1v) is 6.82. The van der Waals surface area contributed by atoms with Gasteiger partial charge in [0, 0.05) is 16.7 Å². The Morgan fingerprint density at radius 3 is 2.48 bits per heavy atom. The highest BCUT2D eigenvalue weighted by atomic mass is 35.5. The molecule has 1 aromatic heterocycles. The molecule has 0 saturated carbocycles. The number of anilines is 1. The lowest BCUT2D eigenvalue weighted by atomic mass is 10.1. The third-order valence-electron chi connectivity index (χ3n) is 3.24. The minimum atomic E-state index is -0.735. The molecule has 23 heavy (non-hydrogen) atoms. The molecule has 0 aliphatic carbocycles. The largest absolute Gasteiger partial charge is 0.382 e. The van der Waals surface area contributed by atoms with E-state index in [2.05, 4.69) is 10.3 Å². The first kappa shape index (κ1) is 15.1. The number of nitroso groups, excluding NO2 is 1. The number of nitrogens with zero attached hydrogens (tertiary/aromatic N) is 3. The van der Waals surface area contributed by atoms with E-state index in [9.17, 15) is 13.7 Å². The lowest BCUT2D eigenvalue weighted by molar-refractivity contribution is 0.588. The molecule has 1 heterocycles. The topological polar surface area (TPSA) is 73.3 Å². The van der Waals surface area contributed by atoms with Crippen LogP contribution in [0.5, 0.6) is 0 Å². The van der Waals surface area contributed by atoms with Crippen molar-refractivity contribution in [3.05, 3.63) is 64.0 Å². The quantitative estimate of drug-likeness (QED) is 0.719. The highest BCUT2D eigenvalue weighted by molar-refractivity contribution is 6.30.